The molecule has 0 atom stereocenters. The Balaban J connectivity index is 1.47. The van der Waals surface area contributed by atoms with E-state index in [9.17, 15) is 0 Å². The van der Waals surface area contributed by atoms with Gasteiger partial charge in [-0.25, -0.2) is 4.98 Å². The number of morpholine rings is 1. The molecule has 1 fully saturated rings. The summed E-state index contributed by atoms with van der Waals surface area (Å²) in [6.07, 6.45) is 2.91. The molecule has 2 heterocycles. The summed E-state index contributed by atoms with van der Waals surface area (Å²) >= 11 is 0. The van der Waals surface area contributed by atoms with E-state index >= 15 is 0 Å². The van der Waals surface area contributed by atoms with E-state index in [1.165, 1.54) is 0 Å². The lowest BCUT2D eigenvalue weighted by molar-refractivity contribution is 0.0378. The first-order valence-electron chi connectivity index (χ1n) is 7.17. The molecule has 1 aliphatic heterocycles. The van der Waals surface area contributed by atoms with Crippen LogP contribution in [-0.4, -0.2) is 54.3 Å². The summed E-state index contributed by atoms with van der Waals surface area (Å²) in [5, 5.41) is 3.34. The molecule has 20 heavy (non-hydrogen) atoms. The normalized spacial score (nSPS) is 16.4. The summed E-state index contributed by atoms with van der Waals surface area (Å²) in [7, 11) is 0. The smallest absolute Gasteiger partial charge is 0.145 e. The van der Waals surface area contributed by atoms with E-state index in [0.29, 0.717) is 0 Å². The van der Waals surface area contributed by atoms with Gasteiger partial charge in [-0.15, -0.1) is 0 Å². The van der Waals surface area contributed by atoms with Gasteiger partial charge in [0.25, 0.3) is 0 Å². The van der Waals surface area contributed by atoms with Crippen LogP contribution in [0.5, 0.6) is 0 Å². The van der Waals surface area contributed by atoms with Gasteiger partial charge in [0.15, 0.2) is 0 Å². The van der Waals surface area contributed by atoms with Crippen molar-refractivity contribution < 1.29 is 4.74 Å². The van der Waals surface area contributed by atoms with Gasteiger partial charge in [0, 0.05) is 19.6 Å². The Hall–Kier alpha value is -1.72. The van der Waals surface area contributed by atoms with Gasteiger partial charge in [0.1, 0.15) is 5.82 Å². The number of hydrogen-bond donors (Lipinski definition) is 1. The minimum absolute atomic E-state index is 0.852. The standard InChI is InChI=1S/C15H20N4O/c1-2-5-14-13(4-1)17-12-15(18-14)16-6-3-7-19-8-10-20-11-9-19/h1-2,4-5,12H,3,6-11H2,(H,16,18). The van der Waals surface area contributed by atoms with Gasteiger partial charge in [-0.1, -0.05) is 12.1 Å². The third-order valence-electron chi connectivity index (χ3n) is 3.51. The zero-order valence-electron chi connectivity index (χ0n) is 11.6. The Morgan fingerprint density at radius 1 is 1.15 bits per heavy atom. The number of ether oxygens (including phenoxy) is 1. The molecule has 0 aliphatic carbocycles. The minimum Gasteiger partial charge on any atom is -0.379 e. The van der Waals surface area contributed by atoms with Gasteiger partial charge < -0.3 is 10.1 Å². The van der Waals surface area contributed by atoms with Crippen LogP contribution in [0.4, 0.5) is 5.82 Å². The monoisotopic (exact) mass is 272 g/mol. The number of aromatic nitrogens is 2. The van der Waals surface area contributed by atoms with Crippen molar-refractivity contribution in [1.29, 1.82) is 0 Å². The van der Waals surface area contributed by atoms with Crippen molar-refractivity contribution in [3.05, 3.63) is 30.5 Å². The fourth-order valence-electron chi connectivity index (χ4n) is 2.39. The predicted molar refractivity (Wildman–Crippen MR) is 79.9 cm³/mol. The molecule has 0 radical (unpaired) electrons. The molecule has 0 amide bonds. The maximum atomic E-state index is 5.34. The van der Waals surface area contributed by atoms with Gasteiger partial charge in [-0.2, -0.15) is 0 Å². The summed E-state index contributed by atoms with van der Waals surface area (Å²) in [6.45, 7) is 5.86. The fraction of sp³-hybridized carbons (Fsp3) is 0.467. The van der Waals surface area contributed by atoms with Crippen molar-refractivity contribution in [2.45, 2.75) is 6.42 Å². The third-order valence-corrected chi connectivity index (χ3v) is 3.51. The minimum atomic E-state index is 0.852. The van der Waals surface area contributed by atoms with E-state index in [1.807, 2.05) is 24.3 Å². The number of fused-ring (bicyclic) bond motifs is 1. The zero-order chi connectivity index (χ0) is 13.6. The molecule has 0 bridgehead atoms. The highest BCUT2D eigenvalue weighted by Gasteiger charge is 2.09. The summed E-state index contributed by atoms with van der Waals surface area (Å²) in [5.41, 5.74) is 1.87. The highest BCUT2D eigenvalue weighted by atomic mass is 16.5. The second-order valence-electron chi connectivity index (χ2n) is 4.98. The molecule has 0 saturated carbocycles. The average molecular weight is 272 g/mol. The SMILES string of the molecule is c1ccc2nc(NCCCN3CCOCC3)cnc2c1. The molecule has 1 aromatic heterocycles. The molecule has 1 aliphatic rings. The predicted octanol–water partition coefficient (Wildman–Crippen LogP) is 1.76. The molecule has 1 N–H and O–H groups in total. The lowest BCUT2D eigenvalue weighted by Gasteiger charge is -2.26. The number of nitrogens with one attached hydrogen (secondary N) is 1. The summed E-state index contributed by atoms with van der Waals surface area (Å²) in [5.74, 6) is 0.852. The van der Waals surface area contributed by atoms with Gasteiger partial charge in [0.05, 0.1) is 30.4 Å². The molecule has 0 unspecified atom stereocenters. The van der Waals surface area contributed by atoms with Crippen molar-refractivity contribution in [2.75, 3.05) is 44.7 Å². The first-order valence-corrected chi connectivity index (χ1v) is 7.17. The van der Waals surface area contributed by atoms with E-state index in [4.69, 9.17) is 4.74 Å². The zero-order valence-corrected chi connectivity index (χ0v) is 11.6. The highest BCUT2D eigenvalue weighted by molar-refractivity contribution is 5.75. The van der Waals surface area contributed by atoms with Gasteiger partial charge in [-0.3, -0.25) is 9.88 Å². The van der Waals surface area contributed by atoms with Gasteiger partial charge in [0.2, 0.25) is 0 Å². The number of rotatable bonds is 5. The van der Waals surface area contributed by atoms with Crippen molar-refractivity contribution in [3.63, 3.8) is 0 Å². The molecule has 0 spiro atoms. The Kier molecular flexibility index (Phi) is 4.40. The van der Waals surface area contributed by atoms with Crippen LogP contribution in [-0.2, 0) is 4.74 Å². The van der Waals surface area contributed by atoms with Gasteiger partial charge >= 0.3 is 0 Å². The maximum Gasteiger partial charge on any atom is 0.145 e. The number of anilines is 1. The first-order chi connectivity index (χ1) is 9.92. The Bertz CT molecular complexity index is 554. The van der Waals surface area contributed by atoms with Crippen LogP contribution in [0.2, 0.25) is 0 Å². The first kappa shape index (κ1) is 13.3. The maximum absolute atomic E-state index is 5.34. The average Bonchev–Trinajstić information content (AvgIpc) is 2.52. The number of hydrogen-bond acceptors (Lipinski definition) is 5. The lowest BCUT2D eigenvalue weighted by atomic mass is 10.3. The Morgan fingerprint density at radius 2 is 1.95 bits per heavy atom. The molecule has 106 valence electrons. The van der Waals surface area contributed by atoms with Gasteiger partial charge in [-0.05, 0) is 25.1 Å². The second-order valence-corrected chi connectivity index (χ2v) is 4.98. The van der Waals surface area contributed by atoms with Crippen LogP contribution in [0.1, 0.15) is 6.42 Å². The summed E-state index contributed by atoms with van der Waals surface area (Å²) in [6, 6.07) is 7.93. The molecule has 3 rings (SSSR count). The molecule has 2 aromatic rings. The Labute approximate surface area is 119 Å². The van der Waals surface area contributed by atoms with Crippen LogP contribution >= 0.6 is 0 Å². The summed E-state index contributed by atoms with van der Waals surface area (Å²) in [4.78, 5) is 11.4. The van der Waals surface area contributed by atoms with Crippen molar-refractivity contribution in [1.82, 2.24) is 14.9 Å². The molecular weight excluding hydrogens is 252 g/mol. The largest absolute Gasteiger partial charge is 0.379 e. The Morgan fingerprint density at radius 3 is 2.80 bits per heavy atom. The number of nitrogens with zero attached hydrogens (tertiary/aromatic N) is 3. The molecule has 5 heteroatoms. The quantitative estimate of drug-likeness (QED) is 0.841. The van der Waals surface area contributed by atoms with Crippen LogP contribution in [0.25, 0.3) is 11.0 Å². The van der Waals surface area contributed by atoms with Crippen molar-refractivity contribution in [2.24, 2.45) is 0 Å². The van der Waals surface area contributed by atoms with Crippen LogP contribution in [0.3, 0.4) is 0 Å². The van der Waals surface area contributed by atoms with Crippen molar-refractivity contribution >= 4 is 16.9 Å². The van der Waals surface area contributed by atoms with E-state index in [0.717, 1.165) is 62.7 Å². The van der Waals surface area contributed by atoms with E-state index in [2.05, 4.69) is 20.2 Å². The van der Waals surface area contributed by atoms with Crippen LogP contribution in [0, 0.1) is 0 Å². The molecule has 1 saturated heterocycles. The summed E-state index contributed by atoms with van der Waals surface area (Å²) < 4.78 is 5.34. The van der Waals surface area contributed by atoms with Crippen LogP contribution in [0.15, 0.2) is 30.5 Å². The van der Waals surface area contributed by atoms with E-state index in [-0.39, 0.29) is 0 Å². The third kappa shape index (κ3) is 3.43. The van der Waals surface area contributed by atoms with Crippen LogP contribution < -0.4 is 5.32 Å². The fourth-order valence-corrected chi connectivity index (χ4v) is 2.39. The molecular formula is C15H20N4O. The van der Waals surface area contributed by atoms with E-state index in [1.54, 1.807) is 6.20 Å². The number of para-hydroxylation sites is 2. The molecule has 1 aromatic carbocycles. The topological polar surface area (TPSA) is 50.3 Å². The van der Waals surface area contributed by atoms with Crippen molar-refractivity contribution in [3.8, 4) is 0 Å². The highest BCUT2D eigenvalue weighted by Crippen LogP contribution is 2.11. The number of benzene rings is 1. The molecule has 5 nitrogen and oxygen atoms in total. The second kappa shape index (κ2) is 6.63. The lowest BCUT2D eigenvalue weighted by Crippen LogP contribution is -2.37. The van der Waals surface area contributed by atoms with E-state index < -0.39 is 0 Å².